The summed E-state index contributed by atoms with van der Waals surface area (Å²) in [6.07, 6.45) is 0. The van der Waals surface area contributed by atoms with Crippen LogP contribution in [-0.4, -0.2) is 19.6 Å². The number of rotatable bonds is 4. The molecular weight excluding hydrogens is 264 g/mol. The molecule has 0 atom stereocenters. The summed E-state index contributed by atoms with van der Waals surface area (Å²) in [6, 6.07) is 13.3. The Morgan fingerprint density at radius 3 is 2.52 bits per heavy atom. The number of carbonyl (C=O) groups excluding carboxylic acids is 1. The molecule has 0 aliphatic rings. The molecule has 0 saturated carbocycles. The van der Waals surface area contributed by atoms with E-state index in [0.717, 1.165) is 16.9 Å². The summed E-state index contributed by atoms with van der Waals surface area (Å²) in [5.41, 5.74) is 10.2. The Morgan fingerprint density at radius 2 is 1.90 bits per heavy atom. The third-order valence-electron chi connectivity index (χ3n) is 3.38. The zero-order valence-corrected chi connectivity index (χ0v) is 12.6. The number of nitrogens with two attached hydrogens (primary N) is 1. The second-order valence-electron chi connectivity index (χ2n) is 4.84. The molecule has 0 aromatic heterocycles. The lowest BCUT2D eigenvalue weighted by atomic mass is 10.1. The number of anilines is 3. The van der Waals surface area contributed by atoms with Gasteiger partial charge >= 0.3 is 5.97 Å². The van der Waals surface area contributed by atoms with Crippen molar-refractivity contribution in [3.63, 3.8) is 0 Å². The smallest absolute Gasteiger partial charge is 0.338 e. The van der Waals surface area contributed by atoms with E-state index in [4.69, 9.17) is 10.5 Å². The SMILES string of the molecule is CCOC(=O)c1ccc(N(C)c2ccccc2C)c(N)c1. The zero-order chi connectivity index (χ0) is 15.4. The van der Waals surface area contributed by atoms with Crippen molar-refractivity contribution in [1.82, 2.24) is 0 Å². The van der Waals surface area contributed by atoms with Crippen molar-refractivity contribution < 1.29 is 9.53 Å². The van der Waals surface area contributed by atoms with Gasteiger partial charge in [-0.2, -0.15) is 0 Å². The highest BCUT2D eigenvalue weighted by Gasteiger charge is 2.13. The Hall–Kier alpha value is -2.49. The largest absolute Gasteiger partial charge is 0.462 e. The average Bonchev–Trinajstić information content (AvgIpc) is 2.47. The number of benzene rings is 2. The van der Waals surface area contributed by atoms with Crippen LogP contribution >= 0.6 is 0 Å². The molecule has 0 fully saturated rings. The lowest BCUT2D eigenvalue weighted by molar-refractivity contribution is 0.0526. The number of nitrogen functional groups attached to an aromatic ring is 1. The highest BCUT2D eigenvalue weighted by atomic mass is 16.5. The van der Waals surface area contributed by atoms with E-state index >= 15 is 0 Å². The summed E-state index contributed by atoms with van der Waals surface area (Å²) in [5.74, 6) is -0.353. The van der Waals surface area contributed by atoms with Crippen LogP contribution < -0.4 is 10.6 Å². The molecule has 2 N–H and O–H groups in total. The molecule has 2 rings (SSSR count). The fourth-order valence-electron chi connectivity index (χ4n) is 2.27. The molecule has 0 amide bonds. The highest BCUT2D eigenvalue weighted by Crippen LogP contribution is 2.31. The van der Waals surface area contributed by atoms with Crippen molar-refractivity contribution in [3.8, 4) is 0 Å². The van der Waals surface area contributed by atoms with Gasteiger partial charge in [-0.05, 0) is 43.7 Å². The van der Waals surface area contributed by atoms with Crippen LogP contribution in [0.4, 0.5) is 17.1 Å². The van der Waals surface area contributed by atoms with Crippen molar-refractivity contribution >= 4 is 23.0 Å². The van der Waals surface area contributed by atoms with Crippen molar-refractivity contribution in [2.45, 2.75) is 13.8 Å². The number of hydrogen-bond donors (Lipinski definition) is 1. The van der Waals surface area contributed by atoms with Gasteiger partial charge in [-0.3, -0.25) is 0 Å². The summed E-state index contributed by atoms with van der Waals surface area (Å²) < 4.78 is 4.98. The number of esters is 1. The maximum absolute atomic E-state index is 11.7. The Bertz CT molecular complexity index is 653. The normalized spacial score (nSPS) is 10.2. The summed E-state index contributed by atoms with van der Waals surface area (Å²) in [4.78, 5) is 13.7. The van der Waals surface area contributed by atoms with Gasteiger partial charge in [0, 0.05) is 12.7 Å². The minimum absolute atomic E-state index is 0.351. The van der Waals surface area contributed by atoms with Crippen molar-refractivity contribution in [2.75, 3.05) is 24.3 Å². The van der Waals surface area contributed by atoms with Crippen LogP contribution in [0.2, 0.25) is 0 Å². The van der Waals surface area contributed by atoms with Crippen LogP contribution in [0.15, 0.2) is 42.5 Å². The molecule has 0 heterocycles. The van der Waals surface area contributed by atoms with Crippen LogP contribution in [0, 0.1) is 6.92 Å². The zero-order valence-electron chi connectivity index (χ0n) is 12.6. The van der Waals surface area contributed by atoms with Crippen LogP contribution in [0.1, 0.15) is 22.8 Å². The van der Waals surface area contributed by atoms with Gasteiger partial charge in [0.05, 0.1) is 23.5 Å². The molecule has 4 heteroatoms. The summed E-state index contributed by atoms with van der Waals surface area (Å²) in [5, 5.41) is 0. The molecule has 0 radical (unpaired) electrons. The molecular formula is C17H20N2O2. The second-order valence-corrected chi connectivity index (χ2v) is 4.84. The maximum atomic E-state index is 11.7. The number of ether oxygens (including phenoxy) is 1. The lowest BCUT2D eigenvalue weighted by Crippen LogP contribution is -2.14. The lowest BCUT2D eigenvalue weighted by Gasteiger charge is -2.23. The highest BCUT2D eigenvalue weighted by molar-refractivity contribution is 5.92. The number of para-hydroxylation sites is 1. The van der Waals surface area contributed by atoms with E-state index < -0.39 is 0 Å². The average molecular weight is 284 g/mol. The number of aryl methyl sites for hydroxylation is 1. The Balaban J connectivity index is 2.33. The first-order valence-electron chi connectivity index (χ1n) is 6.90. The molecule has 0 bridgehead atoms. The number of nitrogens with zero attached hydrogens (tertiary/aromatic N) is 1. The molecule has 2 aromatic rings. The Labute approximate surface area is 125 Å². The Morgan fingerprint density at radius 1 is 1.19 bits per heavy atom. The molecule has 0 saturated heterocycles. The monoisotopic (exact) mass is 284 g/mol. The van der Waals surface area contributed by atoms with Crippen molar-refractivity contribution in [3.05, 3.63) is 53.6 Å². The summed E-state index contributed by atoms with van der Waals surface area (Å²) >= 11 is 0. The number of carbonyl (C=O) groups is 1. The minimum Gasteiger partial charge on any atom is -0.462 e. The topological polar surface area (TPSA) is 55.6 Å². The van der Waals surface area contributed by atoms with Crippen LogP contribution in [0.25, 0.3) is 0 Å². The fraction of sp³-hybridized carbons (Fsp3) is 0.235. The third kappa shape index (κ3) is 3.16. The van der Waals surface area contributed by atoms with Crippen molar-refractivity contribution in [2.24, 2.45) is 0 Å². The molecule has 0 aliphatic carbocycles. The molecule has 21 heavy (non-hydrogen) atoms. The van der Waals surface area contributed by atoms with E-state index in [-0.39, 0.29) is 5.97 Å². The van der Waals surface area contributed by atoms with E-state index in [1.165, 1.54) is 0 Å². The molecule has 0 aliphatic heterocycles. The number of hydrogen-bond acceptors (Lipinski definition) is 4. The molecule has 2 aromatic carbocycles. The van der Waals surface area contributed by atoms with E-state index in [1.807, 2.05) is 36.2 Å². The third-order valence-corrected chi connectivity index (χ3v) is 3.38. The quantitative estimate of drug-likeness (QED) is 0.689. The maximum Gasteiger partial charge on any atom is 0.338 e. The second kappa shape index (κ2) is 6.31. The van der Waals surface area contributed by atoms with Gasteiger partial charge < -0.3 is 15.4 Å². The van der Waals surface area contributed by atoms with Gasteiger partial charge in [0.2, 0.25) is 0 Å². The van der Waals surface area contributed by atoms with Crippen molar-refractivity contribution in [1.29, 1.82) is 0 Å². The van der Waals surface area contributed by atoms with Gasteiger partial charge in [-0.15, -0.1) is 0 Å². The molecule has 4 nitrogen and oxygen atoms in total. The molecule has 0 spiro atoms. The summed E-state index contributed by atoms with van der Waals surface area (Å²) in [6.45, 7) is 4.18. The van der Waals surface area contributed by atoms with E-state index in [0.29, 0.717) is 17.9 Å². The van der Waals surface area contributed by atoms with Gasteiger partial charge in [-0.25, -0.2) is 4.79 Å². The van der Waals surface area contributed by atoms with Gasteiger partial charge in [-0.1, -0.05) is 18.2 Å². The van der Waals surface area contributed by atoms with E-state index in [9.17, 15) is 4.79 Å². The summed E-state index contributed by atoms with van der Waals surface area (Å²) in [7, 11) is 1.96. The predicted molar refractivity (Wildman–Crippen MR) is 86.1 cm³/mol. The van der Waals surface area contributed by atoms with Gasteiger partial charge in [0.25, 0.3) is 0 Å². The van der Waals surface area contributed by atoms with Gasteiger partial charge in [0.15, 0.2) is 0 Å². The van der Waals surface area contributed by atoms with E-state index in [2.05, 4.69) is 13.0 Å². The van der Waals surface area contributed by atoms with Crippen LogP contribution in [0.5, 0.6) is 0 Å². The first kappa shape index (κ1) is 14.9. The molecule has 110 valence electrons. The minimum atomic E-state index is -0.353. The van der Waals surface area contributed by atoms with E-state index in [1.54, 1.807) is 19.1 Å². The van der Waals surface area contributed by atoms with Gasteiger partial charge in [0.1, 0.15) is 0 Å². The fourth-order valence-corrected chi connectivity index (χ4v) is 2.27. The van der Waals surface area contributed by atoms with Crippen LogP contribution in [-0.2, 0) is 4.74 Å². The first-order valence-corrected chi connectivity index (χ1v) is 6.90. The standard InChI is InChI=1S/C17H20N2O2/c1-4-21-17(20)13-9-10-16(14(18)11-13)19(3)15-8-6-5-7-12(15)2/h5-11H,4,18H2,1-3H3. The predicted octanol–water partition coefficient (Wildman–Crippen LogP) is 3.52. The first-order chi connectivity index (χ1) is 10.0. The Kier molecular flexibility index (Phi) is 4.48. The molecule has 0 unspecified atom stereocenters. The van der Waals surface area contributed by atoms with Crippen LogP contribution in [0.3, 0.4) is 0 Å².